The molecule has 6 nitrogen and oxygen atoms in total. The van der Waals surface area contributed by atoms with Crippen LogP contribution in [-0.4, -0.2) is 32.1 Å². The second kappa shape index (κ2) is 6.04. The standard InChI is InChI=1S/C23H29NO5Si/c1-12-7-8-15-18(24-28-14(3)25)11-22-13(2)9-19(27-21(22)26)17-10-16(12)20(15)23(17,22)29-30(4,5)6/h7-8,13,17,19H,9-11H2,1-6H3/b24-18-/t13?,17-,19?,22?,23?/m1/s1. The van der Waals surface area contributed by atoms with Crippen LogP contribution in [0.1, 0.15) is 48.9 Å². The van der Waals surface area contributed by atoms with Crippen LogP contribution in [0, 0.1) is 24.2 Å². The molecule has 3 aliphatic carbocycles. The van der Waals surface area contributed by atoms with E-state index in [0.717, 1.165) is 24.0 Å². The van der Waals surface area contributed by atoms with Gasteiger partial charge in [0.1, 0.15) is 17.1 Å². The van der Waals surface area contributed by atoms with Crippen LogP contribution in [0.15, 0.2) is 17.3 Å². The molecule has 160 valence electrons. The van der Waals surface area contributed by atoms with Gasteiger partial charge in [0.2, 0.25) is 0 Å². The average Bonchev–Trinajstić information content (AvgIpc) is 2.97. The largest absolute Gasteiger partial charge is 0.461 e. The Balaban J connectivity index is 1.87. The molecule has 2 saturated heterocycles. The van der Waals surface area contributed by atoms with Crippen LogP contribution in [0.2, 0.25) is 19.6 Å². The summed E-state index contributed by atoms with van der Waals surface area (Å²) in [6, 6.07) is 4.16. The second-order valence-electron chi connectivity index (χ2n) is 10.4. The number of aryl methyl sites for hydroxylation is 1. The van der Waals surface area contributed by atoms with Crippen LogP contribution in [0.25, 0.3) is 0 Å². The molecular formula is C23H29NO5Si. The second-order valence-corrected chi connectivity index (χ2v) is 14.8. The number of hydrogen-bond donors (Lipinski definition) is 0. The molecule has 0 amide bonds. The van der Waals surface area contributed by atoms with E-state index < -0.39 is 25.3 Å². The Morgan fingerprint density at radius 3 is 2.67 bits per heavy atom. The van der Waals surface area contributed by atoms with E-state index in [9.17, 15) is 9.59 Å². The predicted octanol–water partition coefficient (Wildman–Crippen LogP) is 3.84. The van der Waals surface area contributed by atoms with Crippen LogP contribution >= 0.6 is 0 Å². The highest BCUT2D eigenvalue weighted by atomic mass is 28.4. The van der Waals surface area contributed by atoms with Gasteiger partial charge in [0, 0.05) is 24.8 Å². The highest BCUT2D eigenvalue weighted by molar-refractivity contribution is 6.69. The van der Waals surface area contributed by atoms with Crippen LogP contribution in [0.3, 0.4) is 0 Å². The van der Waals surface area contributed by atoms with E-state index >= 15 is 0 Å². The van der Waals surface area contributed by atoms with Crippen molar-refractivity contribution in [3.63, 3.8) is 0 Å². The number of carbonyl (C=O) groups is 2. The van der Waals surface area contributed by atoms with E-state index in [1.807, 2.05) is 0 Å². The maximum absolute atomic E-state index is 13.6. The Morgan fingerprint density at radius 2 is 2.03 bits per heavy atom. The van der Waals surface area contributed by atoms with E-state index in [2.05, 4.69) is 50.8 Å². The highest BCUT2D eigenvalue weighted by Crippen LogP contribution is 2.71. The summed E-state index contributed by atoms with van der Waals surface area (Å²) in [4.78, 5) is 30.2. The molecule has 30 heavy (non-hydrogen) atoms. The maximum Gasteiger partial charge on any atom is 0.331 e. The van der Waals surface area contributed by atoms with E-state index in [1.54, 1.807) is 0 Å². The van der Waals surface area contributed by atoms with Crippen molar-refractivity contribution in [2.45, 2.75) is 71.4 Å². The van der Waals surface area contributed by atoms with E-state index in [4.69, 9.17) is 14.0 Å². The number of carbonyl (C=O) groups excluding carboxylic acids is 2. The number of benzene rings is 1. The molecule has 1 aromatic rings. The Hall–Kier alpha value is -1.99. The molecular weight excluding hydrogens is 398 g/mol. The lowest BCUT2D eigenvalue weighted by atomic mass is 9.47. The molecule has 1 saturated carbocycles. The molecule has 0 radical (unpaired) electrons. The third-order valence-electron chi connectivity index (χ3n) is 7.53. The zero-order valence-electron chi connectivity index (χ0n) is 18.5. The molecule has 6 rings (SSSR count). The van der Waals surface area contributed by atoms with Crippen LogP contribution < -0.4 is 0 Å². The average molecular weight is 428 g/mol. The molecule has 5 aliphatic rings. The van der Waals surface area contributed by atoms with Crippen molar-refractivity contribution in [3.05, 3.63) is 34.4 Å². The topological polar surface area (TPSA) is 74.2 Å². The van der Waals surface area contributed by atoms with Crippen molar-refractivity contribution in [2.24, 2.45) is 22.4 Å². The molecule has 4 unspecified atom stereocenters. The summed E-state index contributed by atoms with van der Waals surface area (Å²) in [5, 5.41) is 4.23. The van der Waals surface area contributed by atoms with Crippen LogP contribution in [-0.2, 0) is 35.6 Å². The molecule has 2 aliphatic heterocycles. The van der Waals surface area contributed by atoms with Gasteiger partial charge in [-0.3, -0.25) is 4.79 Å². The Bertz CT molecular complexity index is 1010. The Morgan fingerprint density at radius 1 is 1.30 bits per heavy atom. The zero-order chi connectivity index (χ0) is 21.6. The maximum atomic E-state index is 13.6. The predicted molar refractivity (Wildman–Crippen MR) is 113 cm³/mol. The number of oxime groups is 1. The first-order valence-electron chi connectivity index (χ1n) is 10.8. The number of ether oxygens (including phenoxy) is 1. The number of fused-ring (bicyclic) bond motifs is 2. The minimum absolute atomic E-state index is 0.0819. The highest BCUT2D eigenvalue weighted by Gasteiger charge is 2.78. The first kappa shape index (κ1) is 19.9. The fraction of sp³-hybridized carbons (Fsp3) is 0.609. The SMILES string of the molecule is CC(=O)O/N=C1/CC23C(=O)OC(CC2C)[C@H]2Cc4c(C)ccc1c4C23O[Si](C)(C)C. The Kier molecular flexibility index (Phi) is 4.01. The molecule has 7 heteroatoms. The first-order valence-corrected chi connectivity index (χ1v) is 14.2. The summed E-state index contributed by atoms with van der Waals surface area (Å²) in [6.45, 7) is 12.2. The summed E-state index contributed by atoms with van der Waals surface area (Å²) in [5.74, 6) is -0.460. The van der Waals surface area contributed by atoms with Crippen molar-refractivity contribution in [3.8, 4) is 0 Å². The van der Waals surface area contributed by atoms with Gasteiger partial charge in [-0.2, -0.15) is 0 Å². The lowest BCUT2D eigenvalue weighted by Gasteiger charge is -2.65. The minimum atomic E-state index is -2.05. The van der Waals surface area contributed by atoms with Crippen molar-refractivity contribution in [2.75, 3.05) is 0 Å². The van der Waals surface area contributed by atoms with Gasteiger partial charge in [-0.25, -0.2) is 4.79 Å². The first-order chi connectivity index (χ1) is 14.0. The summed E-state index contributed by atoms with van der Waals surface area (Å²) >= 11 is 0. The molecule has 1 aromatic carbocycles. The normalized spacial score (nSPS) is 37.2. The fourth-order valence-corrected chi connectivity index (χ4v) is 8.02. The van der Waals surface area contributed by atoms with Gasteiger partial charge >= 0.3 is 11.9 Å². The minimum Gasteiger partial charge on any atom is -0.461 e. The van der Waals surface area contributed by atoms with Crippen LogP contribution in [0.4, 0.5) is 0 Å². The molecule has 3 fully saturated rings. The summed E-state index contributed by atoms with van der Waals surface area (Å²) in [6.07, 6.45) is 1.91. The van der Waals surface area contributed by atoms with Crippen molar-refractivity contribution < 1.29 is 23.6 Å². The van der Waals surface area contributed by atoms with E-state index in [0.29, 0.717) is 12.1 Å². The fourth-order valence-electron chi connectivity index (χ4n) is 6.62. The lowest BCUT2D eigenvalue weighted by molar-refractivity contribution is -0.263. The lowest BCUT2D eigenvalue weighted by Crippen LogP contribution is -2.73. The van der Waals surface area contributed by atoms with Crippen molar-refractivity contribution in [1.29, 1.82) is 0 Å². The summed E-state index contributed by atoms with van der Waals surface area (Å²) in [7, 11) is -2.05. The summed E-state index contributed by atoms with van der Waals surface area (Å²) in [5.41, 5.74) is 3.59. The van der Waals surface area contributed by atoms with Gasteiger partial charge in [0.25, 0.3) is 0 Å². The van der Waals surface area contributed by atoms with Gasteiger partial charge < -0.3 is 14.0 Å². The van der Waals surface area contributed by atoms with Gasteiger partial charge in [-0.1, -0.05) is 24.2 Å². The van der Waals surface area contributed by atoms with Crippen molar-refractivity contribution >= 4 is 26.0 Å². The molecule has 2 heterocycles. The molecule has 0 N–H and O–H groups in total. The monoisotopic (exact) mass is 427 g/mol. The van der Waals surface area contributed by atoms with Gasteiger partial charge in [-0.05, 0) is 62.0 Å². The van der Waals surface area contributed by atoms with E-state index in [1.165, 1.54) is 18.1 Å². The smallest absolute Gasteiger partial charge is 0.331 e. The number of hydrogen-bond acceptors (Lipinski definition) is 6. The third-order valence-corrected chi connectivity index (χ3v) is 8.47. The zero-order valence-corrected chi connectivity index (χ0v) is 19.5. The Labute approximate surface area is 178 Å². The number of nitrogens with zero attached hydrogens (tertiary/aromatic N) is 1. The molecule has 0 aromatic heterocycles. The molecule has 2 bridgehead atoms. The van der Waals surface area contributed by atoms with Crippen LogP contribution in [0.5, 0.6) is 0 Å². The summed E-state index contributed by atoms with van der Waals surface area (Å²) < 4.78 is 13.1. The number of rotatable bonds is 3. The van der Waals surface area contributed by atoms with Crippen molar-refractivity contribution in [1.82, 2.24) is 0 Å². The molecule has 1 spiro atoms. The number of esters is 1. The molecule has 5 atom stereocenters. The third kappa shape index (κ3) is 2.30. The van der Waals surface area contributed by atoms with Gasteiger partial charge in [0.15, 0.2) is 8.32 Å². The van der Waals surface area contributed by atoms with E-state index in [-0.39, 0.29) is 23.9 Å². The van der Waals surface area contributed by atoms with Gasteiger partial charge in [-0.15, -0.1) is 0 Å². The van der Waals surface area contributed by atoms with Gasteiger partial charge in [0.05, 0.1) is 5.71 Å². The quantitative estimate of drug-likeness (QED) is 0.317.